The Morgan fingerprint density at radius 2 is 1.05 bits per heavy atom. The van der Waals surface area contributed by atoms with Crippen LogP contribution in [-0.4, -0.2) is 6.54 Å². The fourth-order valence-corrected chi connectivity index (χ4v) is 2.93. The topological polar surface area (TPSA) is 12.0 Å². The lowest BCUT2D eigenvalue weighted by Gasteiger charge is -2.06. The second-order valence-corrected chi connectivity index (χ2v) is 6.54. The van der Waals surface area contributed by atoms with Crippen LogP contribution in [0.25, 0.3) is 0 Å². The van der Waals surface area contributed by atoms with Crippen LogP contribution in [0, 0.1) is 0 Å². The number of anilines is 1. The highest BCUT2D eigenvalue weighted by molar-refractivity contribution is 5.42. The first-order valence-corrected chi connectivity index (χ1v) is 9.72. The predicted molar refractivity (Wildman–Crippen MR) is 101 cm³/mol. The van der Waals surface area contributed by atoms with Crippen molar-refractivity contribution < 1.29 is 0 Å². The van der Waals surface area contributed by atoms with Crippen molar-refractivity contribution in [1.82, 2.24) is 0 Å². The van der Waals surface area contributed by atoms with Crippen molar-refractivity contribution >= 4 is 5.69 Å². The fraction of sp³-hybridized carbons (Fsp3) is 0.714. The molecule has 0 unspecified atom stereocenters. The van der Waals surface area contributed by atoms with Gasteiger partial charge in [-0.15, -0.1) is 0 Å². The monoisotopic (exact) mass is 303 g/mol. The summed E-state index contributed by atoms with van der Waals surface area (Å²) in [6, 6.07) is 10.5. The molecule has 1 aromatic rings. The summed E-state index contributed by atoms with van der Waals surface area (Å²) in [6.07, 6.45) is 18.5. The van der Waals surface area contributed by atoms with E-state index >= 15 is 0 Å². The second kappa shape index (κ2) is 14.9. The summed E-state index contributed by atoms with van der Waals surface area (Å²) in [6.45, 7) is 3.40. The highest BCUT2D eigenvalue weighted by atomic mass is 14.9. The Labute approximate surface area is 138 Å². The van der Waals surface area contributed by atoms with Crippen molar-refractivity contribution in [1.29, 1.82) is 0 Å². The summed E-state index contributed by atoms with van der Waals surface area (Å²) in [5.74, 6) is 0. The molecular weight excluding hydrogens is 266 g/mol. The summed E-state index contributed by atoms with van der Waals surface area (Å²) < 4.78 is 0. The van der Waals surface area contributed by atoms with E-state index in [1.54, 1.807) is 0 Å². The Balaban J connectivity index is 1.73. The van der Waals surface area contributed by atoms with Crippen molar-refractivity contribution in [2.24, 2.45) is 0 Å². The zero-order valence-electron chi connectivity index (χ0n) is 14.8. The first kappa shape index (κ1) is 19.1. The summed E-state index contributed by atoms with van der Waals surface area (Å²) in [7, 11) is 0. The van der Waals surface area contributed by atoms with Gasteiger partial charge in [-0.1, -0.05) is 102 Å². The van der Waals surface area contributed by atoms with Crippen LogP contribution >= 0.6 is 0 Å². The highest BCUT2D eigenvalue weighted by Gasteiger charge is 1.94. The van der Waals surface area contributed by atoms with Crippen LogP contribution in [0.5, 0.6) is 0 Å². The third kappa shape index (κ3) is 11.7. The molecule has 1 N–H and O–H groups in total. The van der Waals surface area contributed by atoms with Crippen molar-refractivity contribution in [3.8, 4) is 0 Å². The molecule has 0 amide bonds. The SMILES string of the molecule is CCCCCCCCCCCCCCCNc1ccccc1. The van der Waals surface area contributed by atoms with E-state index in [4.69, 9.17) is 0 Å². The van der Waals surface area contributed by atoms with Crippen molar-refractivity contribution in [2.45, 2.75) is 90.4 Å². The molecule has 126 valence electrons. The first-order chi connectivity index (χ1) is 10.9. The van der Waals surface area contributed by atoms with E-state index in [1.165, 1.54) is 89.2 Å². The molecular formula is C21H37N. The maximum absolute atomic E-state index is 3.48. The third-order valence-electron chi connectivity index (χ3n) is 4.38. The fourth-order valence-electron chi connectivity index (χ4n) is 2.93. The van der Waals surface area contributed by atoms with Gasteiger partial charge < -0.3 is 5.32 Å². The molecule has 0 bridgehead atoms. The Kier molecular flexibility index (Phi) is 12.9. The van der Waals surface area contributed by atoms with Gasteiger partial charge in [0, 0.05) is 12.2 Å². The predicted octanol–water partition coefficient (Wildman–Crippen LogP) is 7.19. The van der Waals surface area contributed by atoms with Gasteiger partial charge in [-0.2, -0.15) is 0 Å². The molecule has 0 atom stereocenters. The van der Waals surface area contributed by atoms with Gasteiger partial charge in [0.2, 0.25) is 0 Å². The Morgan fingerprint density at radius 1 is 0.591 bits per heavy atom. The van der Waals surface area contributed by atoms with E-state index in [9.17, 15) is 0 Å². The van der Waals surface area contributed by atoms with Crippen LogP contribution in [0.3, 0.4) is 0 Å². The molecule has 0 radical (unpaired) electrons. The van der Waals surface area contributed by atoms with Crippen molar-refractivity contribution in [2.75, 3.05) is 11.9 Å². The average molecular weight is 304 g/mol. The van der Waals surface area contributed by atoms with Crippen molar-refractivity contribution in [3.05, 3.63) is 30.3 Å². The van der Waals surface area contributed by atoms with Crippen LogP contribution in [0.15, 0.2) is 30.3 Å². The molecule has 0 spiro atoms. The van der Waals surface area contributed by atoms with Crippen molar-refractivity contribution in [3.63, 3.8) is 0 Å². The number of rotatable bonds is 15. The molecule has 1 aromatic carbocycles. The molecule has 1 heteroatoms. The maximum Gasteiger partial charge on any atom is 0.0340 e. The molecule has 0 heterocycles. The van der Waals surface area contributed by atoms with E-state index in [2.05, 4.69) is 42.6 Å². The molecule has 0 aliphatic heterocycles. The second-order valence-electron chi connectivity index (χ2n) is 6.54. The molecule has 22 heavy (non-hydrogen) atoms. The quantitative estimate of drug-likeness (QED) is 0.338. The molecule has 0 aromatic heterocycles. The number of benzene rings is 1. The van der Waals surface area contributed by atoms with E-state index in [1.807, 2.05) is 0 Å². The Hall–Kier alpha value is -0.980. The minimum Gasteiger partial charge on any atom is -0.385 e. The van der Waals surface area contributed by atoms with E-state index < -0.39 is 0 Å². The molecule has 0 fully saturated rings. The average Bonchev–Trinajstić information content (AvgIpc) is 2.56. The lowest BCUT2D eigenvalue weighted by Crippen LogP contribution is -2.00. The van der Waals surface area contributed by atoms with Crippen LogP contribution in [-0.2, 0) is 0 Å². The molecule has 0 saturated carbocycles. The van der Waals surface area contributed by atoms with Gasteiger partial charge >= 0.3 is 0 Å². The molecule has 0 aliphatic carbocycles. The van der Waals surface area contributed by atoms with Gasteiger partial charge in [-0.3, -0.25) is 0 Å². The summed E-state index contributed by atoms with van der Waals surface area (Å²) in [5, 5.41) is 3.48. The molecule has 1 rings (SSSR count). The molecule has 0 aliphatic rings. The summed E-state index contributed by atoms with van der Waals surface area (Å²) >= 11 is 0. The lowest BCUT2D eigenvalue weighted by atomic mass is 10.0. The molecule has 1 nitrogen and oxygen atoms in total. The zero-order chi connectivity index (χ0) is 15.7. The van der Waals surface area contributed by atoms with Gasteiger partial charge in [-0.25, -0.2) is 0 Å². The van der Waals surface area contributed by atoms with E-state index in [-0.39, 0.29) is 0 Å². The third-order valence-corrected chi connectivity index (χ3v) is 4.38. The number of hydrogen-bond acceptors (Lipinski definition) is 1. The Morgan fingerprint density at radius 3 is 1.55 bits per heavy atom. The standard InChI is InChI=1S/C21H37N/c1-2-3-4-5-6-7-8-9-10-11-12-13-17-20-22-21-18-15-14-16-19-21/h14-16,18-19,22H,2-13,17,20H2,1H3. The van der Waals surface area contributed by atoms with Gasteiger partial charge in [0.25, 0.3) is 0 Å². The largest absolute Gasteiger partial charge is 0.385 e. The minimum atomic E-state index is 1.11. The summed E-state index contributed by atoms with van der Waals surface area (Å²) in [5.41, 5.74) is 1.25. The normalized spacial score (nSPS) is 10.8. The van der Waals surface area contributed by atoms with Crippen LogP contribution in [0.4, 0.5) is 5.69 Å². The van der Waals surface area contributed by atoms with Gasteiger partial charge in [-0.05, 0) is 18.6 Å². The van der Waals surface area contributed by atoms with Gasteiger partial charge in [0.15, 0.2) is 0 Å². The first-order valence-electron chi connectivity index (χ1n) is 9.72. The van der Waals surface area contributed by atoms with Gasteiger partial charge in [0.05, 0.1) is 0 Å². The molecule has 0 saturated heterocycles. The zero-order valence-corrected chi connectivity index (χ0v) is 14.8. The van der Waals surface area contributed by atoms with Crippen LogP contribution < -0.4 is 5.32 Å². The smallest absolute Gasteiger partial charge is 0.0340 e. The van der Waals surface area contributed by atoms with Gasteiger partial charge in [0.1, 0.15) is 0 Å². The number of hydrogen-bond donors (Lipinski definition) is 1. The maximum atomic E-state index is 3.48. The van der Waals surface area contributed by atoms with E-state index in [0.29, 0.717) is 0 Å². The summed E-state index contributed by atoms with van der Waals surface area (Å²) in [4.78, 5) is 0. The van der Waals surface area contributed by atoms with Crippen LogP contribution in [0.1, 0.15) is 90.4 Å². The number of unbranched alkanes of at least 4 members (excludes halogenated alkanes) is 12. The minimum absolute atomic E-state index is 1.11. The van der Waals surface area contributed by atoms with Crippen LogP contribution in [0.2, 0.25) is 0 Å². The Bertz CT molecular complexity index is 320. The highest BCUT2D eigenvalue weighted by Crippen LogP contribution is 2.12. The number of nitrogens with one attached hydrogen (secondary N) is 1. The van der Waals surface area contributed by atoms with E-state index in [0.717, 1.165) is 6.54 Å². The lowest BCUT2D eigenvalue weighted by molar-refractivity contribution is 0.541. The number of para-hydroxylation sites is 1.